The molecule has 4 aliphatic carbocycles. The van der Waals surface area contributed by atoms with E-state index in [0.29, 0.717) is 11.1 Å². The molecule has 4 saturated carbocycles. The second kappa shape index (κ2) is 7.45. The summed E-state index contributed by atoms with van der Waals surface area (Å²) in [5, 5.41) is 18.3. The van der Waals surface area contributed by atoms with Crippen LogP contribution in [0.5, 0.6) is 11.5 Å². The molecule has 0 heterocycles. The molecule has 0 spiro atoms. The van der Waals surface area contributed by atoms with Crippen molar-refractivity contribution in [2.24, 2.45) is 29.2 Å². The average molecular weight is 362 g/mol. The smallest absolute Gasteiger partial charge is 0.322 e. The van der Waals surface area contributed by atoms with Crippen molar-refractivity contribution in [2.45, 2.75) is 56.5 Å². The summed E-state index contributed by atoms with van der Waals surface area (Å²) in [6, 6.07) is 3.52. The predicted molar refractivity (Wildman–Crippen MR) is 98.6 cm³/mol. The van der Waals surface area contributed by atoms with Crippen LogP contribution in [0.25, 0.3) is 0 Å². The monoisotopic (exact) mass is 362 g/mol. The number of aromatic hydroxyl groups is 2. The first-order valence-corrected chi connectivity index (χ1v) is 9.41. The predicted octanol–water partition coefficient (Wildman–Crippen LogP) is 2.05. The van der Waals surface area contributed by atoms with Crippen LogP contribution in [0.4, 0.5) is 0 Å². The van der Waals surface area contributed by atoms with E-state index in [1.54, 1.807) is 6.07 Å². The number of hydrogen-bond acceptors (Lipinski definition) is 6. The van der Waals surface area contributed by atoms with Crippen LogP contribution in [0.3, 0.4) is 0 Å². The molecular weight excluding hydrogens is 332 g/mol. The van der Waals surface area contributed by atoms with Crippen LogP contribution < -0.4 is 11.5 Å². The Morgan fingerprint density at radius 1 is 1.15 bits per heavy atom. The molecule has 144 valence electrons. The highest BCUT2D eigenvalue weighted by molar-refractivity contribution is 5.75. The van der Waals surface area contributed by atoms with Crippen molar-refractivity contribution in [3.63, 3.8) is 0 Å². The molecule has 26 heavy (non-hydrogen) atoms. The van der Waals surface area contributed by atoms with E-state index in [1.807, 2.05) is 0 Å². The second-order valence-corrected chi connectivity index (χ2v) is 8.44. The minimum Gasteiger partial charge on any atom is -0.504 e. The number of methoxy groups -OCH3 is 1. The summed E-state index contributed by atoms with van der Waals surface area (Å²) in [4.78, 5) is 11.0. The number of nitrogens with two attached hydrogens (primary N) is 2. The van der Waals surface area contributed by atoms with Gasteiger partial charge >= 0.3 is 5.97 Å². The standard InChI is InChI=1S/C10H13NO4.C10H17N/c1-15-10(14)7(11)4-6-2-3-8(12)9(13)5-6;11-10-4-7-1-8(5-10)3-9(2-7)6-10/h2-3,5,7,12-13H,4,11H2,1H3;7-9H,1-6,11H2/t7-;/m0./s1. The van der Waals surface area contributed by atoms with Gasteiger partial charge in [0, 0.05) is 5.54 Å². The molecule has 0 amide bonds. The van der Waals surface area contributed by atoms with Crippen LogP contribution >= 0.6 is 0 Å². The maximum Gasteiger partial charge on any atom is 0.322 e. The van der Waals surface area contributed by atoms with Gasteiger partial charge in [-0.1, -0.05) is 6.07 Å². The van der Waals surface area contributed by atoms with Crippen LogP contribution in [0, 0.1) is 17.8 Å². The first kappa shape index (κ1) is 19.0. The van der Waals surface area contributed by atoms with Crippen molar-refractivity contribution in [2.75, 3.05) is 7.11 Å². The van der Waals surface area contributed by atoms with Crippen LogP contribution in [0.15, 0.2) is 18.2 Å². The number of hydrogen-bond donors (Lipinski definition) is 4. The van der Waals surface area contributed by atoms with Gasteiger partial charge in [-0.2, -0.15) is 0 Å². The molecule has 6 N–H and O–H groups in total. The van der Waals surface area contributed by atoms with Crippen LogP contribution in [-0.4, -0.2) is 34.9 Å². The lowest BCUT2D eigenvalue weighted by molar-refractivity contribution is -0.142. The highest BCUT2D eigenvalue weighted by Crippen LogP contribution is 2.54. The third kappa shape index (κ3) is 4.30. The Balaban J connectivity index is 0.000000156. The van der Waals surface area contributed by atoms with Gasteiger partial charge in [0.1, 0.15) is 6.04 Å². The summed E-state index contributed by atoms with van der Waals surface area (Å²) in [6.07, 6.45) is 8.82. The number of carbonyl (C=O) groups excluding carboxylic acids is 1. The third-order valence-electron chi connectivity index (χ3n) is 6.08. The molecule has 1 aromatic carbocycles. The summed E-state index contributed by atoms with van der Waals surface area (Å²) in [6.45, 7) is 0. The first-order chi connectivity index (χ1) is 12.3. The Morgan fingerprint density at radius 2 is 1.69 bits per heavy atom. The number of rotatable bonds is 3. The van der Waals surface area contributed by atoms with E-state index in [9.17, 15) is 9.90 Å². The zero-order valence-electron chi connectivity index (χ0n) is 15.4. The minimum atomic E-state index is -0.765. The molecule has 4 bridgehead atoms. The van der Waals surface area contributed by atoms with Crippen molar-refractivity contribution in [3.05, 3.63) is 23.8 Å². The number of benzene rings is 1. The lowest BCUT2D eigenvalue weighted by atomic mass is 9.53. The van der Waals surface area contributed by atoms with Gasteiger partial charge in [-0.25, -0.2) is 0 Å². The van der Waals surface area contributed by atoms with Crippen LogP contribution in [0.2, 0.25) is 0 Å². The molecule has 4 aliphatic rings. The Labute approximate surface area is 154 Å². The zero-order valence-corrected chi connectivity index (χ0v) is 15.4. The summed E-state index contributed by atoms with van der Waals surface area (Å²) >= 11 is 0. The van der Waals surface area contributed by atoms with Gasteiger partial charge in [0.2, 0.25) is 0 Å². The van der Waals surface area contributed by atoms with Crippen molar-refractivity contribution < 1.29 is 19.7 Å². The molecule has 6 heteroatoms. The van der Waals surface area contributed by atoms with Gasteiger partial charge in [-0.3, -0.25) is 4.79 Å². The summed E-state index contributed by atoms with van der Waals surface area (Å²) in [5.74, 6) is 2.11. The first-order valence-electron chi connectivity index (χ1n) is 9.41. The van der Waals surface area contributed by atoms with Gasteiger partial charge in [0.15, 0.2) is 11.5 Å². The summed E-state index contributed by atoms with van der Waals surface area (Å²) < 4.78 is 4.46. The summed E-state index contributed by atoms with van der Waals surface area (Å²) in [5.41, 5.74) is 12.8. The summed E-state index contributed by atoms with van der Waals surface area (Å²) in [7, 11) is 1.26. The third-order valence-corrected chi connectivity index (χ3v) is 6.08. The topological polar surface area (TPSA) is 119 Å². The quantitative estimate of drug-likeness (QED) is 0.483. The average Bonchev–Trinajstić information content (AvgIpc) is 2.55. The maximum absolute atomic E-state index is 11.0. The zero-order chi connectivity index (χ0) is 18.9. The Morgan fingerprint density at radius 3 is 2.12 bits per heavy atom. The fraction of sp³-hybridized carbons (Fsp3) is 0.650. The van der Waals surface area contributed by atoms with Gasteiger partial charge in [-0.15, -0.1) is 0 Å². The van der Waals surface area contributed by atoms with E-state index in [0.717, 1.165) is 17.8 Å². The van der Waals surface area contributed by atoms with Crippen molar-refractivity contribution in [1.29, 1.82) is 0 Å². The number of esters is 1. The highest BCUT2D eigenvalue weighted by atomic mass is 16.5. The van der Waals surface area contributed by atoms with Crippen LogP contribution in [0.1, 0.15) is 44.1 Å². The fourth-order valence-corrected chi connectivity index (χ4v) is 5.36. The van der Waals surface area contributed by atoms with Gasteiger partial charge in [-0.05, 0) is 80.4 Å². The Bertz CT molecular complexity index is 626. The van der Waals surface area contributed by atoms with E-state index in [2.05, 4.69) is 4.74 Å². The normalized spacial score (nSPS) is 32.5. The molecule has 1 aromatic rings. The molecule has 1 atom stereocenters. The number of phenols is 2. The van der Waals surface area contributed by atoms with Gasteiger partial charge in [0.25, 0.3) is 0 Å². The van der Waals surface area contributed by atoms with E-state index in [1.165, 1.54) is 57.8 Å². The van der Waals surface area contributed by atoms with Crippen molar-refractivity contribution in [3.8, 4) is 11.5 Å². The molecule has 0 saturated heterocycles. The van der Waals surface area contributed by atoms with Crippen molar-refractivity contribution >= 4 is 5.97 Å². The van der Waals surface area contributed by atoms with Crippen LogP contribution in [-0.2, 0) is 16.0 Å². The Hall–Kier alpha value is -1.79. The molecule has 4 fully saturated rings. The fourth-order valence-electron chi connectivity index (χ4n) is 5.36. The number of ether oxygens (including phenoxy) is 1. The maximum atomic E-state index is 11.0. The second-order valence-electron chi connectivity index (χ2n) is 8.44. The van der Waals surface area contributed by atoms with Crippen molar-refractivity contribution in [1.82, 2.24) is 0 Å². The Kier molecular flexibility index (Phi) is 5.44. The van der Waals surface area contributed by atoms with E-state index >= 15 is 0 Å². The van der Waals surface area contributed by atoms with E-state index in [4.69, 9.17) is 16.6 Å². The lowest BCUT2D eigenvalue weighted by Crippen LogP contribution is -2.55. The lowest BCUT2D eigenvalue weighted by Gasteiger charge is -2.55. The highest BCUT2D eigenvalue weighted by Gasteiger charge is 2.48. The molecule has 6 nitrogen and oxygen atoms in total. The van der Waals surface area contributed by atoms with E-state index in [-0.39, 0.29) is 17.9 Å². The van der Waals surface area contributed by atoms with E-state index < -0.39 is 12.0 Å². The minimum absolute atomic E-state index is 0.203. The SMILES string of the molecule is COC(=O)[C@@H](N)Cc1ccc(O)c(O)c1.NC12CC3CC(CC(C3)C1)C2. The molecule has 0 unspecified atom stereocenters. The molecular formula is C20H30N2O4. The number of phenolic OH excluding ortho intramolecular Hbond substituents is 2. The number of carbonyl (C=O) groups is 1. The molecule has 0 aromatic heterocycles. The molecule has 5 rings (SSSR count). The molecule has 0 aliphatic heterocycles. The largest absolute Gasteiger partial charge is 0.504 e. The van der Waals surface area contributed by atoms with Gasteiger partial charge in [0.05, 0.1) is 7.11 Å². The van der Waals surface area contributed by atoms with Gasteiger partial charge < -0.3 is 26.4 Å². The molecule has 0 radical (unpaired) electrons.